The molecule has 1 N–H and O–H groups in total. The van der Waals surface area contributed by atoms with Gasteiger partial charge < -0.3 is 14.4 Å². The molecule has 4 nitrogen and oxygen atoms in total. The number of carbonyl (C=O) groups excluding carboxylic acids is 1. The number of carbonyl (C=O) groups is 1. The lowest BCUT2D eigenvalue weighted by Gasteiger charge is -2.15. The normalized spacial score (nSPS) is 15.3. The summed E-state index contributed by atoms with van der Waals surface area (Å²) in [6.45, 7) is 4.07. The van der Waals surface area contributed by atoms with Gasteiger partial charge in [0.2, 0.25) is 5.91 Å². The van der Waals surface area contributed by atoms with Crippen molar-refractivity contribution in [2.24, 2.45) is 0 Å². The number of nitrogens with zero attached hydrogens (tertiary/aromatic N) is 1. The Kier molecular flexibility index (Phi) is 11.3. The SMILES string of the molecule is CCCCCCCCCCCc1ccc(C(O)CCCC(=O)N2CCCC2)o1. The standard InChI is InChI=1S/C24H41NO3/c1-2-3-4-5-6-7-8-9-10-14-21-17-18-23(28-21)22(26)15-13-16-24(27)25-19-11-12-20-25/h17-18,22,26H,2-16,19-20H2,1H3. The van der Waals surface area contributed by atoms with Gasteiger partial charge in [0.25, 0.3) is 0 Å². The zero-order valence-corrected chi connectivity index (χ0v) is 18.0. The van der Waals surface area contributed by atoms with Crippen molar-refractivity contribution in [2.75, 3.05) is 13.1 Å². The summed E-state index contributed by atoms with van der Waals surface area (Å²) in [5, 5.41) is 10.3. The van der Waals surface area contributed by atoms with Crippen molar-refractivity contribution in [3.05, 3.63) is 23.7 Å². The maximum absolute atomic E-state index is 12.0. The summed E-state index contributed by atoms with van der Waals surface area (Å²) in [5.41, 5.74) is 0. The van der Waals surface area contributed by atoms with Crippen molar-refractivity contribution >= 4 is 5.91 Å². The molecule has 2 heterocycles. The molecule has 0 saturated carbocycles. The molecule has 1 saturated heterocycles. The van der Waals surface area contributed by atoms with Crippen LogP contribution in [0.1, 0.15) is 114 Å². The van der Waals surface area contributed by atoms with Crippen LogP contribution in [0.25, 0.3) is 0 Å². The van der Waals surface area contributed by atoms with E-state index in [1.165, 1.54) is 51.4 Å². The van der Waals surface area contributed by atoms with E-state index in [9.17, 15) is 9.90 Å². The molecule has 1 atom stereocenters. The van der Waals surface area contributed by atoms with Gasteiger partial charge in [-0.1, -0.05) is 58.3 Å². The number of rotatable bonds is 15. The number of hydrogen-bond acceptors (Lipinski definition) is 3. The van der Waals surface area contributed by atoms with Gasteiger partial charge in [-0.05, 0) is 44.2 Å². The summed E-state index contributed by atoms with van der Waals surface area (Å²) in [5.74, 6) is 1.86. The zero-order chi connectivity index (χ0) is 20.0. The Bertz CT molecular complexity index is 534. The average molecular weight is 392 g/mol. The Morgan fingerprint density at radius 1 is 1.00 bits per heavy atom. The fraction of sp³-hybridized carbons (Fsp3) is 0.792. The quantitative estimate of drug-likeness (QED) is 0.363. The molecule has 1 aromatic heterocycles. The third-order valence-electron chi connectivity index (χ3n) is 5.86. The van der Waals surface area contributed by atoms with E-state index in [2.05, 4.69) is 6.92 Å². The zero-order valence-electron chi connectivity index (χ0n) is 18.0. The second-order valence-electron chi connectivity index (χ2n) is 8.38. The van der Waals surface area contributed by atoms with E-state index in [-0.39, 0.29) is 5.91 Å². The van der Waals surface area contributed by atoms with Gasteiger partial charge in [-0.25, -0.2) is 0 Å². The third-order valence-corrected chi connectivity index (χ3v) is 5.86. The van der Waals surface area contributed by atoms with Crippen LogP contribution in [0.3, 0.4) is 0 Å². The van der Waals surface area contributed by atoms with Crippen LogP contribution < -0.4 is 0 Å². The minimum atomic E-state index is -0.594. The molecule has 2 rings (SSSR count). The van der Waals surface area contributed by atoms with Crippen LogP contribution in [0.4, 0.5) is 0 Å². The molecule has 28 heavy (non-hydrogen) atoms. The molecule has 1 aromatic rings. The fourth-order valence-corrected chi connectivity index (χ4v) is 4.03. The molecule has 1 amide bonds. The highest BCUT2D eigenvalue weighted by Gasteiger charge is 2.18. The average Bonchev–Trinajstić information content (AvgIpc) is 3.38. The maximum Gasteiger partial charge on any atom is 0.222 e. The lowest BCUT2D eigenvalue weighted by atomic mass is 10.1. The van der Waals surface area contributed by atoms with E-state index < -0.39 is 6.10 Å². The van der Waals surface area contributed by atoms with E-state index >= 15 is 0 Å². The summed E-state index contributed by atoms with van der Waals surface area (Å²) in [4.78, 5) is 14.0. The summed E-state index contributed by atoms with van der Waals surface area (Å²) >= 11 is 0. The lowest BCUT2D eigenvalue weighted by Crippen LogP contribution is -2.27. The second-order valence-corrected chi connectivity index (χ2v) is 8.38. The molecular formula is C24H41NO3. The topological polar surface area (TPSA) is 53.7 Å². The highest BCUT2D eigenvalue weighted by atomic mass is 16.4. The molecule has 4 heteroatoms. The number of aliphatic hydroxyl groups is 1. The molecular weight excluding hydrogens is 350 g/mol. The van der Waals surface area contributed by atoms with Gasteiger partial charge in [0.1, 0.15) is 17.6 Å². The Hall–Kier alpha value is -1.29. The summed E-state index contributed by atoms with van der Waals surface area (Å²) in [7, 11) is 0. The minimum Gasteiger partial charge on any atom is -0.463 e. The number of aryl methyl sites for hydroxylation is 1. The minimum absolute atomic E-state index is 0.232. The first-order valence-corrected chi connectivity index (χ1v) is 11.7. The van der Waals surface area contributed by atoms with Crippen LogP contribution in [0.2, 0.25) is 0 Å². The number of amides is 1. The van der Waals surface area contributed by atoms with Crippen LogP contribution in [-0.4, -0.2) is 29.0 Å². The molecule has 1 fully saturated rings. The molecule has 1 aliphatic heterocycles. The number of likely N-dealkylation sites (tertiary alicyclic amines) is 1. The first kappa shape index (κ1) is 23.0. The second kappa shape index (κ2) is 13.8. The van der Waals surface area contributed by atoms with Crippen LogP contribution in [0.5, 0.6) is 0 Å². The third kappa shape index (κ3) is 8.81. The number of unbranched alkanes of at least 4 members (excludes halogenated alkanes) is 8. The van der Waals surface area contributed by atoms with E-state index in [4.69, 9.17) is 4.42 Å². The van der Waals surface area contributed by atoms with Crippen LogP contribution in [0, 0.1) is 0 Å². The van der Waals surface area contributed by atoms with Gasteiger partial charge in [0, 0.05) is 25.9 Å². The Morgan fingerprint density at radius 3 is 2.32 bits per heavy atom. The smallest absolute Gasteiger partial charge is 0.222 e. The van der Waals surface area contributed by atoms with Crippen molar-refractivity contribution in [2.45, 2.75) is 109 Å². The molecule has 0 aromatic carbocycles. The summed E-state index contributed by atoms with van der Waals surface area (Å²) in [6.07, 6.45) is 16.4. The van der Waals surface area contributed by atoms with Crippen LogP contribution in [-0.2, 0) is 11.2 Å². The van der Waals surface area contributed by atoms with Crippen molar-refractivity contribution in [1.82, 2.24) is 4.90 Å². The van der Waals surface area contributed by atoms with E-state index in [0.29, 0.717) is 25.0 Å². The molecule has 0 aliphatic carbocycles. The number of furan rings is 1. The predicted molar refractivity (Wildman–Crippen MR) is 114 cm³/mol. The van der Waals surface area contributed by atoms with Gasteiger partial charge in [-0.3, -0.25) is 4.79 Å². The first-order chi connectivity index (χ1) is 13.7. The summed E-state index contributed by atoms with van der Waals surface area (Å²) < 4.78 is 5.83. The molecule has 0 radical (unpaired) electrons. The van der Waals surface area contributed by atoms with Crippen molar-refractivity contribution in [1.29, 1.82) is 0 Å². The van der Waals surface area contributed by atoms with Gasteiger partial charge in [0.15, 0.2) is 0 Å². The van der Waals surface area contributed by atoms with Crippen molar-refractivity contribution < 1.29 is 14.3 Å². The van der Waals surface area contributed by atoms with Gasteiger partial charge in [-0.15, -0.1) is 0 Å². The van der Waals surface area contributed by atoms with Crippen molar-refractivity contribution in [3.63, 3.8) is 0 Å². The van der Waals surface area contributed by atoms with Gasteiger partial charge >= 0.3 is 0 Å². The first-order valence-electron chi connectivity index (χ1n) is 11.7. The Morgan fingerprint density at radius 2 is 1.64 bits per heavy atom. The summed E-state index contributed by atoms with van der Waals surface area (Å²) in [6, 6.07) is 3.90. The molecule has 1 aliphatic rings. The monoisotopic (exact) mass is 391 g/mol. The van der Waals surface area contributed by atoms with Gasteiger partial charge in [-0.2, -0.15) is 0 Å². The predicted octanol–water partition coefficient (Wildman–Crippen LogP) is 6.18. The van der Waals surface area contributed by atoms with Crippen molar-refractivity contribution in [3.8, 4) is 0 Å². The van der Waals surface area contributed by atoms with E-state index in [1.54, 1.807) is 0 Å². The lowest BCUT2D eigenvalue weighted by molar-refractivity contribution is -0.130. The van der Waals surface area contributed by atoms with E-state index in [0.717, 1.165) is 44.5 Å². The molecule has 1 unspecified atom stereocenters. The molecule has 0 spiro atoms. The number of aliphatic hydroxyl groups excluding tert-OH is 1. The fourth-order valence-electron chi connectivity index (χ4n) is 4.03. The largest absolute Gasteiger partial charge is 0.463 e. The van der Waals surface area contributed by atoms with E-state index in [1.807, 2.05) is 17.0 Å². The van der Waals surface area contributed by atoms with Crippen LogP contribution in [0.15, 0.2) is 16.5 Å². The highest BCUT2D eigenvalue weighted by molar-refractivity contribution is 5.76. The van der Waals surface area contributed by atoms with Gasteiger partial charge in [0.05, 0.1) is 0 Å². The number of hydrogen-bond donors (Lipinski definition) is 1. The van der Waals surface area contributed by atoms with Crippen LogP contribution >= 0.6 is 0 Å². The Labute approximate surface area is 171 Å². The molecule has 160 valence electrons. The Balaban J connectivity index is 1.52. The highest BCUT2D eigenvalue weighted by Crippen LogP contribution is 2.23. The molecule has 0 bridgehead atoms. The maximum atomic E-state index is 12.0.